The number of hydrogen-bond acceptors (Lipinski definition) is 5. The van der Waals surface area contributed by atoms with Crippen LogP contribution in [-0.4, -0.2) is 24.2 Å². The Hall–Kier alpha value is -2.58. The van der Waals surface area contributed by atoms with Gasteiger partial charge in [0.1, 0.15) is 24.1 Å². The Morgan fingerprint density at radius 2 is 2.00 bits per heavy atom. The minimum atomic E-state index is -0.545. The second-order valence-corrected chi connectivity index (χ2v) is 4.32. The fraction of sp³-hybridized carbons (Fsp3) is 0.133. The van der Waals surface area contributed by atoms with Gasteiger partial charge in [-0.05, 0) is 36.4 Å². The highest BCUT2D eigenvalue weighted by Crippen LogP contribution is 2.13. The number of ether oxygens (including phenoxy) is 2. The molecule has 0 atom stereocenters. The molecule has 6 heteroatoms. The number of carbonyl (C=O) groups is 1. The molecular formula is C15H11ClN2O3. The van der Waals surface area contributed by atoms with Crippen molar-refractivity contribution >= 4 is 17.6 Å². The predicted octanol–water partition coefficient (Wildman–Crippen LogP) is 2.84. The fourth-order valence-corrected chi connectivity index (χ4v) is 1.73. The first-order valence-electron chi connectivity index (χ1n) is 6.11. The van der Waals surface area contributed by atoms with Crippen molar-refractivity contribution in [2.45, 2.75) is 0 Å². The molecule has 0 radical (unpaired) electrons. The van der Waals surface area contributed by atoms with Gasteiger partial charge in [0.2, 0.25) is 0 Å². The lowest BCUT2D eigenvalue weighted by atomic mass is 10.2. The Labute approximate surface area is 126 Å². The minimum absolute atomic E-state index is 0.0874. The van der Waals surface area contributed by atoms with Crippen molar-refractivity contribution in [1.82, 2.24) is 4.98 Å². The molecule has 0 aliphatic heterocycles. The molecule has 2 aromatic rings. The van der Waals surface area contributed by atoms with Gasteiger partial charge < -0.3 is 9.47 Å². The number of esters is 1. The molecule has 1 heterocycles. The molecule has 0 saturated carbocycles. The molecule has 5 nitrogen and oxygen atoms in total. The van der Waals surface area contributed by atoms with E-state index in [1.54, 1.807) is 36.4 Å². The summed E-state index contributed by atoms with van der Waals surface area (Å²) in [5.74, 6) is 0.0565. The number of aromatic nitrogens is 1. The van der Waals surface area contributed by atoms with Gasteiger partial charge in [0.25, 0.3) is 0 Å². The number of nitrogens with zero attached hydrogens (tertiary/aromatic N) is 2. The molecule has 0 spiro atoms. The molecule has 1 aromatic heterocycles. The monoisotopic (exact) mass is 302 g/mol. The highest BCUT2D eigenvalue weighted by molar-refractivity contribution is 6.32. The summed E-state index contributed by atoms with van der Waals surface area (Å²) >= 11 is 5.79. The van der Waals surface area contributed by atoms with Crippen LogP contribution in [0.3, 0.4) is 0 Å². The van der Waals surface area contributed by atoms with Crippen LogP contribution in [0.2, 0.25) is 5.15 Å². The van der Waals surface area contributed by atoms with Crippen LogP contribution in [0.5, 0.6) is 5.75 Å². The SMILES string of the molecule is N#Cc1ccc(OCCOC(=O)c2cccnc2Cl)cc1. The molecule has 2 rings (SSSR count). The highest BCUT2D eigenvalue weighted by Gasteiger charge is 2.11. The first-order chi connectivity index (χ1) is 10.2. The van der Waals surface area contributed by atoms with E-state index in [2.05, 4.69) is 4.98 Å². The van der Waals surface area contributed by atoms with Crippen molar-refractivity contribution in [3.63, 3.8) is 0 Å². The van der Waals surface area contributed by atoms with Gasteiger partial charge in [-0.25, -0.2) is 9.78 Å². The number of carbonyl (C=O) groups excluding carboxylic acids is 1. The average Bonchev–Trinajstić information content (AvgIpc) is 2.52. The lowest BCUT2D eigenvalue weighted by molar-refractivity contribution is 0.0450. The van der Waals surface area contributed by atoms with Crippen LogP contribution in [0.15, 0.2) is 42.6 Å². The summed E-state index contributed by atoms with van der Waals surface area (Å²) in [6.07, 6.45) is 1.49. The van der Waals surface area contributed by atoms with Crippen LogP contribution in [0.25, 0.3) is 0 Å². The molecule has 106 valence electrons. The summed E-state index contributed by atoms with van der Waals surface area (Å²) in [5, 5.41) is 8.78. The highest BCUT2D eigenvalue weighted by atomic mass is 35.5. The fourth-order valence-electron chi connectivity index (χ4n) is 1.54. The Morgan fingerprint density at radius 3 is 2.67 bits per heavy atom. The van der Waals surface area contributed by atoms with Crippen LogP contribution < -0.4 is 4.74 Å². The molecule has 0 unspecified atom stereocenters. The normalized spacial score (nSPS) is 9.71. The van der Waals surface area contributed by atoms with E-state index in [4.69, 9.17) is 26.3 Å². The summed E-state index contributed by atoms with van der Waals surface area (Å²) < 4.78 is 10.4. The first-order valence-corrected chi connectivity index (χ1v) is 6.49. The van der Waals surface area contributed by atoms with E-state index >= 15 is 0 Å². The maximum absolute atomic E-state index is 11.7. The zero-order valence-electron chi connectivity index (χ0n) is 11.0. The molecule has 1 aromatic carbocycles. The van der Waals surface area contributed by atoms with Crippen LogP contribution in [0.4, 0.5) is 0 Å². The standard InChI is InChI=1S/C15H11ClN2O3/c16-14-13(2-1-7-18-14)15(19)21-9-8-20-12-5-3-11(10-17)4-6-12/h1-7H,8-9H2. The Balaban J connectivity index is 1.78. The van der Waals surface area contributed by atoms with Gasteiger partial charge in [0.15, 0.2) is 0 Å². The molecule has 0 N–H and O–H groups in total. The second-order valence-electron chi connectivity index (χ2n) is 3.96. The molecule has 0 bridgehead atoms. The number of hydrogen-bond donors (Lipinski definition) is 0. The van der Waals surface area contributed by atoms with Gasteiger partial charge >= 0.3 is 5.97 Å². The van der Waals surface area contributed by atoms with Gasteiger partial charge in [-0.1, -0.05) is 11.6 Å². The maximum Gasteiger partial charge on any atom is 0.341 e. The number of benzene rings is 1. The third kappa shape index (κ3) is 4.20. The quantitative estimate of drug-likeness (QED) is 0.482. The minimum Gasteiger partial charge on any atom is -0.490 e. The van der Waals surface area contributed by atoms with E-state index in [0.717, 1.165) is 0 Å². The molecular weight excluding hydrogens is 292 g/mol. The van der Waals surface area contributed by atoms with Crippen molar-refractivity contribution < 1.29 is 14.3 Å². The summed E-state index contributed by atoms with van der Waals surface area (Å²) in [4.78, 5) is 15.5. The van der Waals surface area contributed by atoms with Crippen molar-refractivity contribution in [3.05, 3.63) is 58.9 Å². The van der Waals surface area contributed by atoms with Crippen molar-refractivity contribution in [2.75, 3.05) is 13.2 Å². The first kappa shape index (κ1) is 14.8. The third-order valence-electron chi connectivity index (χ3n) is 2.55. The number of rotatable bonds is 5. The van der Waals surface area contributed by atoms with Crippen molar-refractivity contribution in [2.24, 2.45) is 0 Å². The maximum atomic E-state index is 11.7. The largest absolute Gasteiger partial charge is 0.490 e. The lowest BCUT2D eigenvalue weighted by Gasteiger charge is -2.07. The molecule has 21 heavy (non-hydrogen) atoms. The van der Waals surface area contributed by atoms with Gasteiger partial charge in [-0.15, -0.1) is 0 Å². The van der Waals surface area contributed by atoms with Gasteiger partial charge in [-0.3, -0.25) is 0 Å². The zero-order valence-corrected chi connectivity index (χ0v) is 11.7. The van der Waals surface area contributed by atoms with Crippen LogP contribution in [0, 0.1) is 11.3 Å². The molecule has 0 saturated heterocycles. The van der Waals surface area contributed by atoms with E-state index in [1.165, 1.54) is 6.20 Å². The summed E-state index contributed by atoms with van der Waals surface area (Å²) in [5.41, 5.74) is 0.775. The average molecular weight is 303 g/mol. The van der Waals surface area contributed by atoms with Crippen molar-refractivity contribution in [1.29, 1.82) is 5.26 Å². The van der Waals surface area contributed by atoms with Crippen LogP contribution in [-0.2, 0) is 4.74 Å². The molecule has 0 aliphatic rings. The smallest absolute Gasteiger partial charge is 0.341 e. The zero-order chi connectivity index (χ0) is 15.1. The summed E-state index contributed by atoms with van der Waals surface area (Å²) in [7, 11) is 0. The summed E-state index contributed by atoms with van der Waals surface area (Å²) in [6, 6.07) is 11.8. The molecule has 0 aliphatic carbocycles. The predicted molar refractivity (Wildman–Crippen MR) is 76.2 cm³/mol. The Bertz CT molecular complexity index is 665. The van der Waals surface area contributed by atoms with Gasteiger partial charge in [-0.2, -0.15) is 5.26 Å². The van der Waals surface area contributed by atoms with E-state index in [0.29, 0.717) is 11.3 Å². The van der Waals surface area contributed by atoms with E-state index in [1.807, 2.05) is 6.07 Å². The van der Waals surface area contributed by atoms with Crippen molar-refractivity contribution in [3.8, 4) is 11.8 Å². The number of halogens is 1. The van der Waals surface area contributed by atoms with Crippen LogP contribution in [0.1, 0.15) is 15.9 Å². The second kappa shape index (κ2) is 7.27. The van der Waals surface area contributed by atoms with E-state index in [9.17, 15) is 4.79 Å². The lowest BCUT2D eigenvalue weighted by Crippen LogP contribution is -2.13. The third-order valence-corrected chi connectivity index (χ3v) is 2.85. The van der Waals surface area contributed by atoms with E-state index in [-0.39, 0.29) is 23.9 Å². The molecule has 0 fully saturated rings. The van der Waals surface area contributed by atoms with Gasteiger partial charge in [0, 0.05) is 6.20 Å². The topological polar surface area (TPSA) is 72.2 Å². The van der Waals surface area contributed by atoms with Gasteiger partial charge in [0.05, 0.1) is 17.2 Å². The van der Waals surface area contributed by atoms with E-state index < -0.39 is 5.97 Å². The number of pyridine rings is 1. The summed E-state index contributed by atoms with van der Waals surface area (Å²) in [6.45, 7) is 0.291. The molecule has 0 amide bonds. The Morgan fingerprint density at radius 1 is 1.24 bits per heavy atom. The Kier molecular flexibility index (Phi) is 5.13. The van der Waals surface area contributed by atoms with Crippen LogP contribution >= 0.6 is 11.6 Å². The number of nitriles is 1.